The van der Waals surface area contributed by atoms with E-state index in [1.165, 1.54) is 11.3 Å². The highest BCUT2D eigenvalue weighted by atomic mass is 32.2. The summed E-state index contributed by atoms with van der Waals surface area (Å²) in [6, 6.07) is 13.6. The molecular formula is C16H20N2O2S2. The lowest BCUT2D eigenvalue weighted by molar-refractivity contribution is 0.205. The van der Waals surface area contributed by atoms with Crippen molar-refractivity contribution >= 4 is 27.0 Å². The quantitative estimate of drug-likeness (QED) is 0.865. The lowest BCUT2D eigenvalue weighted by atomic mass is 10.0. The third kappa shape index (κ3) is 2.78. The summed E-state index contributed by atoms with van der Waals surface area (Å²) in [5.74, 6) is 0. The van der Waals surface area contributed by atoms with Gasteiger partial charge in [0.15, 0.2) is 0 Å². The molecule has 1 aliphatic rings. The van der Waals surface area contributed by atoms with Crippen LogP contribution in [0.15, 0.2) is 52.1 Å². The van der Waals surface area contributed by atoms with Crippen LogP contribution in [0.3, 0.4) is 0 Å². The van der Waals surface area contributed by atoms with Gasteiger partial charge in [0.1, 0.15) is 4.21 Å². The predicted octanol–water partition coefficient (Wildman–Crippen LogP) is 3.04. The molecule has 2 aromatic rings. The number of para-hydroxylation sites is 1. The van der Waals surface area contributed by atoms with Gasteiger partial charge in [-0.05, 0) is 37.4 Å². The van der Waals surface area contributed by atoms with E-state index in [9.17, 15) is 8.42 Å². The van der Waals surface area contributed by atoms with E-state index in [4.69, 9.17) is 0 Å². The molecule has 0 saturated carbocycles. The molecular weight excluding hydrogens is 316 g/mol. The Morgan fingerprint density at radius 2 is 1.77 bits per heavy atom. The maximum Gasteiger partial charge on any atom is 0.253 e. The molecule has 1 aromatic carbocycles. The van der Waals surface area contributed by atoms with Gasteiger partial charge in [-0.2, -0.15) is 4.31 Å². The molecule has 0 N–H and O–H groups in total. The van der Waals surface area contributed by atoms with E-state index in [1.54, 1.807) is 21.8 Å². The second-order valence-corrected chi connectivity index (χ2v) is 9.12. The number of thiophene rings is 1. The van der Waals surface area contributed by atoms with Crippen molar-refractivity contribution in [1.82, 2.24) is 4.31 Å². The lowest BCUT2D eigenvalue weighted by Crippen LogP contribution is -2.60. The first kappa shape index (κ1) is 15.5. The fourth-order valence-corrected chi connectivity index (χ4v) is 5.83. The van der Waals surface area contributed by atoms with Crippen molar-refractivity contribution < 1.29 is 8.42 Å². The molecule has 0 amide bonds. The number of anilines is 1. The fraction of sp³-hybridized carbons (Fsp3) is 0.375. The standard InChI is InChI=1S/C16H20N2O2S2/c1-16(2)13-17(14-7-4-3-5-8-14)10-11-18(16)22(19,20)15-9-6-12-21-15/h3-9,12H,10-11,13H2,1-2H3. The maximum atomic E-state index is 12.8. The summed E-state index contributed by atoms with van der Waals surface area (Å²) in [5.41, 5.74) is 0.695. The first-order valence-corrected chi connectivity index (χ1v) is 9.60. The van der Waals surface area contributed by atoms with Crippen LogP contribution in [0.5, 0.6) is 0 Å². The van der Waals surface area contributed by atoms with Gasteiger partial charge in [0.2, 0.25) is 0 Å². The number of rotatable bonds is 3. The molecule has 6 heteroatoms. The van der Waals surface area contributed by atoms with E-state index in [0.717, 1.165) is 5.69 Å². The molecule has 2 heterocycles. The summed E-state index contributed by atoms with van der Waals surface area (Å²) in [6.45, 7) is 5.88. The van der Waals surface area contributed by atoms with Gasteiger partial charge in [-0.3, -0.25) is 0 Å². The van der Waals surface area contributed by atoms with Gasteiger partial charge in [-0.1, -0.05) is 24.3 Å². The van der Waals surface area contributed by atoms with Crippen molar-refractivity contribution in [2.75, 3.05) is 24.5 Å². The van der Waals surface area contributed by atoms with Crippen LogP contribution in [-0.2, 0) is 10.0 Å². The summed E-state index contributed by atoms with van der Waals surface area (Å²) in [4.78, 5) is 2.25. The van der Waals surface area contributed by atoms with Crippen LogP contribution in [-0.4, -0.2) is 37.9 Å². The first-order chi connectivity index (χ1) is 10.4. The van der Waals surface area contributed by atoms with Crippen molar-refractivity contribution in [3.05, 3.63) is 47.8 Å². The Labute approximate surface area is 136 Å². The summed E-state index contributed by atoms with van der Waals surface area (Å²) >= 11 is 1.28. The van der Waals surface area contributed by atoms with Crippen LogP contribution in [0, 0.1) is 0 Å². The minimum atomic E-state index is -3.41. The molecule has 0 spiro atoms. The van der Waals surface area contributed by atoms with Crippen LogP contribution in [0.25, 0.3) is 0 Å². The first-order valence-electron chi connectivity index (χ1n) is 7.28. The van der Waals surface area contributed by atoms with Gasteiger partial charge in [-0.25, -0.2) is 8.42 Å². The molecule has 0 radical (unpaired) electrons. The Morgan fingerprint density at radius 1 is 1.05 bits per heavy atom. The van der Waals surface area contributed by atoms with Crippen molar-refractivity contribution in [2.45, 2.75) is 23.6 Å². The van der Waals surface area contributed by atoms with Gasteiger partial charge in [0.05, 0.1) is 0 Å². The molecule has 1 saturated heterocycles. The Hall–Kier alpha value is -1.37. The maximum absolute atomic E-state index is 12.8. The second-order valence-electron chi connectivity index (χ2n) is 6.08. The molecule has 118 valence electrons. The summed E-state index contributed by atoms with van der Waals surface area (Å²) in [5, 5.41) is 1.81. The highest BCUT2D eigenvalue weighted by molar-refractivity contribution is 7.91. The van der Waals surface area contributed by atoms with Gasteiger partial charge in [0.25, 0.3) is 10.0 Å². The van der Waals surface area contributed by atoms with E-state index >= 15 is 0 Å². The van der Waals surface area contributed by atoms with Crippen LogP contribution >= 0.6 is 11.3 Å². The number of benzene rings is 1. The van der Waals surface area contributed by atoms with Crippen molar-refractivity contribution in [1.29, 1.82) is 0 Å². The van der Waals surface area contributed by atoms with Crippen molar-refractivity contribution in [3.8, 4) is 0 Å². The molecule has 0 unspecified atom stereocenters. The zero-order chi connectivity index (χ0) is 15.8. The third-order valence-electron chi connectivity index (χ3n) is 3.99. The molecule has 0 atom stereocenters. The van der Waals surface area contributed by atoms with Gasteiger partial charge in [0, 0.05) is 30.9 Å². The minimum absolute atomic E-state index is 0.425. The van der Waals surface area contributed by atoms with E-state index in [2.05, 4.69) is 17.0 Å². The average molecular weight is 336 g/mol. The molecule has 0 aliphatic carbocycles. The summed E-state index contributed by atoms with van der Waals surface area (Å²) in [6.07, 6.45) is 0. The molecule has 22 heavy (non-hydrogen) atoms. The van der Waals surface area contributed by atoms with Crippen LogP contribution < -0.4 is 4.90 Å². The zero-order valence-electron chi connectivity index (χ0n) is 12.8. The number of hydrogen-bond acceptors (Lipinski definition) is 4. The molecule has 1 aliphatic heterocycles. The molecule has 1 aromatic heterocycles. The number of nitrogens with zero attached hydrogens (tertiary/aromatic N) is 2. The average Bonchev–Trinajstić information content (AvgIpc) is 3.02. The van der Waals surface area contributed by atoms with Crippen LogP contribution in [0.4, 0.5) is 5.69 Å². The van der Waals surface area contributed by atoms with Crippen LogP contribution in [0.2, 0.25) is 0 Å². The lowest BCUT2D eigenvalue weighted by Gasteiger charge is -2.46. The zero-order valence-corrected chi connectivity index (χ0v) is 14.4. The second kappa shape index (κ2) is 5.68. The number of sulfonamides is 1. The summed E-state index contributed by atoms with van der Waals surface area (Å²) in [7, 11) is -3.41. The Kier molecular flexibility index (Phi) is 4.01. The third-order valence-corrected chi connectivity index (χ3v) is 7.47. The molecule has 4 nitrogen and oxygen atoms in total. The minimum Gasteiger partial charge on any atom is -0.368 e. The monoisotopic (exact) mass is 336 g/mol. The van der Waals surface area contributed by atoms with Crippen molar-refractivity contribution in [3.63, 3.8) is 0 Å². The van der Waals surface area contributed by atoms with Gasteiger partial charge < -0.3 is 4.90 Å². The topological polar surface area (TPSA) is 40.6 Å². The van der Waals surface area contributed by atoms with E-state index in [-0.39, 0.29) is 0 Å². The van der Waals surface area contributed by atoms with E-state index in [0.29, 0.717) is 23.8 Å². The number of hydrogen-bond donors (Lipinski definition) is 0. The van der Waals surface area contributed by atoms with E-state index in [1.807, 2.05) is 32.0 Å². The fourth-order valence-electron chi connectivity index (χ4n) is 2.96. The SMILES string of the molecule is CC1(C)CN(c2ccccc2)CCN1S(=O)(=O)c1cccs1. The van der Waals surface area contributed by atoms with Crippen LogP contribution in [0.1, 0.15) is 13.8 Å². The molecule has 3 rings (SSSR count). The smallest absolute Gasteiger partial charge is 0.253 e. The van der Waals surface area contributed by atoms with E-state index < -0.39 is 15.6 Å². The largest absolute Gasteiger partial charge is 0.368 e. The predicted molar refractivity (Wildman–Crippen MR) is 90.9 cm³/mol. The normalized spacial score (nSPS) is 19.3. The number of piperazine rings is 1. The van der Waals surface area contributed by atoms with Gasteiger partial charge in [-0.15, -0.1) is 11.3 Å². The Morgan fingerprint density at radius 3 is 2.36 bits per heavy atom. The highest BCUT2D eigenvalue weighted by Crippen LogP contribution is 2.32. The van der Waals surface area contributed by atoms with Crippen molar-refractivity contribution in [2.24, 2.45) is 0 Å². The Bertz CT molecular complexity index is 725. The Balaban J connectivity index is 1.86. The molecule has 1 fully saturated rings. The summed E-state index contributed by atoms with van der Waals surface area (Å²) < 4.78 is 27.7. The molecule has 0 bridgehead atoms. The van der Waals surface area contributed by atoms with Gasteiger partial charge >= 0.3 is 0 Å². The highest BCUT2D eigenvalue weighted by Gasteiger charge is 2.42.